The van der Waals surface area contributed by atoms with E-state index in [0.717, 1.165) is 56.4 Å². The third-order valence-corrected chi connectivity index (χ3v) is 7.03. The lowest BCUT2D eigenvalue weighted by Crippen LogP contribution is -2.07. The highest BCUT2D eigenvalue weighted by molar-refractivity contribution is 5.80. The Bertz CT molecular complexity index is 1270. The predicted octanol–water partition coefficient (Wildman–Crippen LogP) is 5.92. The molecule has 186 valence electrons. The zero-order chi connectivity index (χ0) is 25.4. The van der Waals surface area contributed by atoms with Gasteiger partial charge < -0.3 is 28.4 Å². The molecule has 3 aromatic carbocycles. The molecule has 2 aliphatic rings. The van der Waals surface area contributed by atoms with E-state index in [0.29, 0.717) is 11.5 Å². The van der Waals surface area contributed by atoms with Gasteiger partial charge in [0.05, 0.1) is 65.6 Å². The van der Waals surface area contributed by atoms with Crippen molar-refractivity contribution in [3.63, 3.8) is 0 Å². The molecule has 0 saturated heterocycles. The van der Waals surface area contributed by atoms with Crippen LogP contribution in [0.4, 0.5) is 0 Å². The zero-order valence-corrected chi connectivity index (χ0v) is 21.4. The lowest BCUT2D eigenvalue weighted by atomic mass is 9.86. The van der Waals surface area contributed by atoms with E-state index in [1.165, 1.54) is 0 Å². The van der Waals surface area contributed by atoms with Gasteiger partial charge in [-0.2, -0.15) is 0 Å². The molecule has 6 nitrogen and oxygen atoms in total. The van der Waals surface area contributed by atoms with Crippen molar-refractivity contribution in [3.8, 4) is 11.5 Å². The summed E-state index contributed by atoms with van der Waals surface area (Å²) in [6, 6.07) is 20.6. The van der Waals surface area contributed by atoms with Gasteiger partial charge in [0.2, 0.25) is 0 Å². The van der Waals surface area contributed by atoms with Crippen LogP contribution in [-0.2, 0) is 18.9 Å². The summed E-state index contributed by atoms with van der Waals surface area (Å²) in [7, 11) is 10.0. The van der Waals surface area contributed by atoms with E-state index in [1.54, 1.807) is 42.7 Å². The molecule has 6 heteroatoms. The number of rotatable bonds is 8. The van der Waals surface area contributed by atoms with Gasteiger partial charge in [-0.05, 0) is 34.4 Å². The van der Waals surface area contributed by atoms with Crippen LogP contribution in [0.5, 0.6) is 11.5 Å². The third-order valence-electron chi connectivity index (χ3n) is 7.03. The van der Waals surface area contributed by atoms with Crippen molar-refractivity contribution in [2.45, 2.75) is 11.8 Å². The van der Waals surface area contributed by atoms with Crippen molar-refractivity contribution in [2.24, 2.45) is 0 Å². The molecule has 3 aromatic rings. The Morgan fingerprint density at radius 1 is 0.472 bits per heavy atom. The van der Waals surface area contributed by atoms with Gasteiger partial charge in [-0.1, -0.05) is 48.5 Å². The average Bonchev–Trinajstić information content (AvgIpc) is 3.44. The highest BCUT2D eigenvalue weighted by Crippen LogP contribution is 2.52. The second-order valence-electron chi connectivity index (χ2n) is 8.59. The van der Waals surface area contributed by atoms with Crippen LogP contribution in [0.25, 0.3) is 11.5 Å². The van der Waals surface area contributed by atoms with E-state index in [-0.39, 0.29) is 11.8 Å². The zero-order valence-electron chi connectivity index (χ0n) is 21.4. The van der Waals surface area contributed by atoms with Crippen LogP contribution < -0.4 is 9.47 Å². The molecule has 36 heavy (non-hydrogen) atoms. The maximum absolute atomic E-state index is 5.92. The SMILES string of the molecule is COC1=C(OC)C(c2cccc(C3C(OC)=C(OC)c4c(OC)cccc43)c2)c2cccc(OC)c21. The molecule has 0 radical (unpaired) electrons. The van der Waals surface area contributed by atoms with Crippen LogP contribution >= 0.6 is 0 Å². The lowest BCUT2D eigenvalue weighted by Gasteiger charge is -2.20. The van der Waals surface area contributed by atoms with Gasteiger partial charge in [-0.15, -0.1) is 0 Å². The quantitative estimate of drug-likeness (QED) is 0.394. The first kappa shape index (κ1) is 23.7. The fraction of sp³-hybridized carbons (Fsp3) is 0.267. The molecule has 0 spiro atoms. The monoisotopic (exact) mass is 486 g/mol. The Hall–Kier alpha value is -4.06. The van der Waals surface area contributed by atoms with Gasteiger partial charge in [0.1, 0.15) is 23.0 Å². The molecule has 0 amide bonds. The summed E-state index contributed by atoms with van der Waals surface area (Å²) < 4.78 is 34.8. The fourth-order valence-corrected chi connectivity index (χ4v) is 5.60. The summed E-state index contributed by atoms with van der Waals surface area (Å²) in [5, 5.41) is 0. The summed E-state index contributed by atoms with van der Waals surface area (Å²) in [5.41, 5.74) is 6.16. The van der Waals surface area contributed by atoms with Gasteiger partial charge in [0.25, 0.3) is 0 Å². The Morgan fingerprint density at radius 2 is 0.889 bits per heavy atom. The van der Waals surface area contributed by atoms with Gasteiger partial charge in [0.15, 0.2) is 11.5 Å². The first-order valence-corrected chi connectivity index (χ1v) is 11.7. The number of benzene rings is 3. The fourth-order valence-electron chi connectivity index (χ4n) is 5.60. The summed E-state index contributed by atoms with van der Waals surface area (Å²) in [6.45, 7) is 0. The first-order chi connectivity index (χ1) is 17.6. The standard InChI is InChI=1S/C30H30O6/c1-31-21-14-8-12-19-23(27(33-3)29(35-5)25(19)21)17-10-7-11-18(16-17)24-20-13-9-15-22(32-2)26(20)30(36-6)28(24)34-4/h7-16,23-24H,1-6H3. The van der Waals surface area contributed by atoms with E-state index in [4.69, 9.17) is 28.4 Å². The summed E-state index contributed by atoms with van der Waals surface area (Å²) in [5.74, 6) is 4.11. The lowest BCUT2D eigenvalue weighted by molar-refractivity contribution is 0.254. The molecule has 5 rings (SSSR count). The summed E-state index contributed by atoms with van der Waals surface area (Å²) >= 11 is 0. The van der Waals surface area contributed by atoms with Crippen molar-refractivity contribution in [1.29, 1.82) is 0 Å². The Balaban J connectivity index is 1.68. The number of allylic oxidation sites excluding steroid dienone is 2. The molecule has 2 aliphatic carbocycles. The number of fused-ring (bicyclic) bond motifs is 2. The number of methoxy groups -OCH3 is 6. The Kier molecular flexibility index (Phi) is 6.27. The van der Waals surface area contributed by atoms with E-state index >= 15 is 0 Å². The van der Waals surface area contributed by atoms with Crippen molar-refractivity contribution < 1.29 is 28.4 Å². The highest BCUT2D eigenvalue weighted by Gasteiger charge is 2.40. The van der Waals surface area contributed by atoms with Gasteiger partial charge >= 0.3 is 0 Å². The minimum absolute atomic E-state index is 0.141. The molecular weight excluding hydrogens is 456 g/mol. The number of hydrogen-bond acceptors (Lipinski definition) is 6. The normalized spacial score (nSPS) is 18.1. The van der Waals surface area contributed by atoms with Crippen LogP contribution in [0.15, 0.2) is 72.2 Å². The molecule has 0 aliphatic heterocycles. The molecule has 0 saturated carbocycles. The van der Waals surface area contributed by atoms with Crippen molar-refractivity contribution in [3.05, 3.63) is 106 Å². The smallest absolute Gasteiger partial charge is 0.168 e. The van der Waals surface area contributed by atoms with Crippen molar-refractivity contribution in [2.75, 3.05) is 42.7 Å². The van der Waals surface area contributed by atoms with E-state index in [2.05, 4.69) is 36.4 Å². The van der Waals surface area contributed by atoms with Crippen LogP contribution in [0, 0.1) is 0 Å². The van der Waals surface area contributed by atoms with Crippen molar-refractivity contribution >= 4 is 11.5 Å². The molecule has 0 fully saturated rings. The second kappa shape index (κ2) is 9.53. The van der Waals surface area contributed by atoms with E-state index in [9.17, 15) is 0 Å². The third kappa shape index (κ3) is 3.40. The van der Waals surface area contributed by atoms with Crippen LogP contribution in [0.2, 0.25) is 0 Å². The average molecular weight is 487 g/mol. The highest BCUT2D eigenvalue weighted by atomic mass is 16.5. The maximum Gasteiger partial charge on any atom is 0.168 e. The van der Waals surface area contributed by atoms with Crippen molar-refractivity contribution in [1.82, 2.24) is 0 Å². The summed E-state index contributed by atoms with van der Waals surface area (Å²) in [6.07, 6.45) is 0. The molecular formula is C30H30O6. The Labute approximate surface area is 211 Å². The largest absolute Gasteiger partial charge is 0.496 e. The molecule has 2 atom stereocenters. The summed E-state index contributed by atoms with van der Waals surface area (Å²) in [4.78, 5) is 0. The molecule has 2 unspecified atom stereocenters. The van der Waals surface area contributed by atoms with E-state index < -0.39 is 0 Å². The van der Waals surface area contributed by atoms with Gasteiger partial charge in [0, 0.05) is 0 Å². The number of hydrogen-bond donors (Lipinski definition) is 0. The van der Waals surface area contributed by atoms with Crippen LogP contribution in [0.1, 0.15) is 45.2 Å². The number of ether oxygens (including phenoxy) is 6. The maximum atomic E-state index is 5.92. The minimum atomic E-state index is -0.141. The second-order valence-corrected chi connectivity index (χ2v) is 8.59. The first-order valence-electron chi connectivity index (χ1n) is 11.7. The van der Waals surface area contributed by atoms with Crippen LogP contribution in [-0.4, -0.2) is 42.7 Å². The van der Waals surface area contributed by atoms with Gasteiger partial charge in [-0.25, -0.2) is 0 Å². The topological polar surface area (TPSA) is 55.4 Å². The van der Waals surface area contributed by atoms with E-state index in [1.807, 2.05) is 24.3 Å². The van der Waals surface area contributed by atoms with Gasteiger partial charge in [-0.3, -0.25) is 0 Å². The predicted molar refractivity (Wildman–Crippen MR) is 138 cm³/mol. The minimum Gasteiger partial charge on any atom is -0.496 e. The molecule has 0 heterocycles. The Morgan fingerprint density at radius 3 is 1.25 bits per heavy atom. The molecule has 0 bridgehead atoms. The molecule has 0 aromatic heterocycles. The molecule has 0 N–H and O–H groups in total. The van der Waals surface area contributed by atoms with Crippen LogP contribution in [0.3, 0.4) is 0 Å².